The lowest BCUT2D eigenvalue weighted by molar-refractivity contribution is -0.402. The summed E-state index contributed by atoms with van der Waals surface area (Å²) in [6.45, 7) is 1.79. The van der Waals surface area contributed by atoms with Crippen molar-refractivity contribution in [2.24, 2.45) is 0 Å². The van der Waals surface area contributed by atoms with E-state index in [2.05, 4.69) is 0 Å². The quantitative estimate of drug-likeness (QED) is 0.429. The molecule has 5 heteroatoms. The molecule has 0 saturated heterocycles. The summed E-state index contributed by atoms with van der Waals surface area (Å²) in [7, 11) is 0. The van der Waals surface area contributed by atoms with Crippen molar-refractivity contribution in [2.75, 3.05) is 0 Å². The minimum atomic E-state index is -0.582. The van der Waals surface area contributed by atoms with Crippen LogP contribution in [0.4, 0.5) is 5.88 Å². The monoisotopic (exact) mass is 201 g/mol. The molecule has 0 bridgehead atoms. The first-order chi connectivity index (χ1) is 6.09. The normalized spacial score (nSPS) is 13.4. The Kier molecular flexibility index (Phi) is 3.08. The fourth-order valence-electron chi connectivity index (χ4n) is 0.757. The Bertz CT molecular complexity index is 330. The Balaban J connectivity index is 2.75. The van der Waals surface area contributed by atoms with Gasteiger partial charge in [-0.25, -0.2) is 0 Å². The topological polar surface area (TPSA) is 56.3 Å². The van der Waals surface area contributed by atoms with Crippen molar-refractivity contribution >= 4 is 23.6 Å². The summed E-state index contributed by atoms with van der Waals surface area (Å²) >= 11 is 5.63. The lowest BCUT2D eigenvalue weighted by Crippen LogP contribution is -1.82. The summed E-state index contributed by atoms with van der Waals surface area (Å²) in [5, 5.41) is 10.1. The fourth-order valence-corrected chi connectivity index (χ4v) is 0.830. The van der Waals surface area contributed by atoms with Gasteiger partial charge in [-0.05, 0) is 19.1 Å². The minimum absolute atomic E-state index is 0.121. The first-order valence-corrected chi connectivity index (χ1v) is 4.10. The molecule has 1 rings (SSSR count). The Morgan fingerprint density at radius 2 is 2.38 bits per heavy atom. The Hall–Kier alpha value is -1.29. The summed E-state index contributed by atoms with van der Waals surface area (Å²) in [5.41, 5.74) is 0. The van der Waals surface area contributed by atoms with Gasteiger partial charge in [0.2, 0.25) is 0 Å². The van der Waals surface area contributed by atoms with Crippen LogP contribution in [0.2, 0.25) is 0 Å². The molecule has 0 aliphatic heterocycles. The maximum absolute atomic E-state index is 10.2. The van der Waals surface area contributed by atoms with Gasteiger partial charge in [-0.15, -0.1) is 11.6 Å². The summed E-state index contributed by atoms with van der Waals surface area (Å²) in [4.78, 5) is 9.63. The van der Waals surface area contributed by atoms with Gasteiger partial charge < -0.3 is 4.42 Å². The predicted molar refractivity (Wildman–Crippen MR) is 49.7 cm³/mol. The largest absolute Gasteiger partial charge is 0.433 e. The van der Waals surface area contributed by atoms with Crippen molar-refractivity contribution in [3.05, 3.63) is 34.1 Å². The van der Waals surface area contributed by atoms with E-state index < -0.39 is 4.92 Å². The van der Waals surface area contributed by atoms with E-state index in [0.717, 1.165) is 0 Å². The highest BCUT2D eigenvalue weighted by atomic mass is 35.5. The number of nitrogens with zero attached hydrogens (tertiary/aromatic N) is 1. The van der Waals surface area contributed by atoms with E-state index in [1.807, 2.05) is 0 Å². The summed E-state index contributed by atoms with van der Waals surface area (Å²) in [5.74, 6) is 0.168. The number of rotatable bonds is 3. The zero-order valence-corrected chi connectivity index (χ0v) is 7.69. The highest BCUT2D eigenvalue weighted by Gasteiger charge is 2.09. The molecule has 0 aliphatic rings. The Morgan fingerprint density at radius 1 is 1.69 bits per heavy atom. The third-order valence-corrected chi connectivity index (χ3v) is 1.46. The molecule has 1 aromatic rings. The van der Waals surface area contributed by atoms with Crippen LogP contribution < -0.4 is 0 Å². The lowest BCUT2D eigenvalue weighted by atomic mass is 10.3. The van der Waals surface area contributed by atoms with Crippen molar-refractivity contribution in [1.29, 1.82) is 0 Å². The molecule has 70 valence electrons. The number of alkyl halides is 1. The zero-order valence-electron chi connectivity index (χ0n) is 6.94. The van der Waals surface area contributed by atoms with E-state index in [0.29, 0.717) is 5.76 Å². The summed E-state index contributed by atoms with van der Waals surface area (Å²) < 4.78 is 4.85. The van der Waals surface area contributed by atoms with Gasteiger partial charge in [-0.1, -0.05) is 6.08 Å². The average Bonchev–Trinajstić information content (AvgIpc) is 2.48. The third-order valence-electron chi connectivity index (χ3n) is 1.32. The van der Waals surface area contributed by atoms with Gasteiger partial charge in [0.1, 0.15) is 10.7 Å². The summed E-state index contributed by atoms with van der Waals surface area (Å²) in [6, 6.07) is 2.83. The minimum Gasteiger partial charge on any atom is -0.401 e. The van der Waals surface area contributed by atoms with Gasteiger partial charge in [0, 0.05) is 5.38 Å². The first-order valence-electron chi connectivity index (χ1n) is 3.66. The molecule has 0 aromatic carbocycles. The van der Waals surface area contributed by atoms with Gasteiger partial charge in [0.25, 0.3) is 0 Å². The van der Waals surface area contributed by atoms with Gasteiger partial charge in [0.05, 0.1) is 6.07 Å². The number of furan rings is 1. The van der Waals surface area contributed by atoms with Crippen LogP contribution >= 0.6 is 11.6 Å². The fraction of sp³-hybridized carbons (Fsp3) is 0.250. The van der Waals surface area contributed by atoms with Crippen LogP contribution in [0.1, 0.15) is 12.7 Å². The smallest absolute Gasteiger partial charge is 0.401 e. The van der Waals surface area contributed by atoms with E-state index in [1.165, 1.54) is 12.1 Å². The SMILES string of the molecule is CC(Cl)/C=C/c1ccc([N+](=O)[O-])o1. The Morgan fingerprint density at radius 3 is 2.85 bits per heavy atom. The van der Waals surface area contributed by atoms with Crippen LogP contribution in [0, 0.1) is 10.1 Å². The molecule has 1 aromatic heterocycles. The average molecular weight is 202 g/mol. The van der Waals surface area contributed by atoms with Gasteiger partial charge >= 0.3 is 5.88 Å². The van der Waals surface area contributed by atoms with Crippen molar-refractivity contribution in [2.45, 2.75) is 12.3 Å². The molecule has 1 unspecified atom stereocenters. The third kappa shape index (κ3) is 2.91. The van der Waals surface area contributed by atoms with Gasteiger partial charge in [0.15, 0.2) is 0 Å². The van der Waals surface area contributed by atoms with Crippen LogP contribution in [0.5, 0.6) is 0 Å². The number of hydrogen-bond acceptors (Lipinski definition) is 3. The first kappa shape index (κ1) is 9.80. The van der Waals surface area contributed by atoms with Crippen molar-refractivity contribution in [1.82, 2.24) is 0 Å². The second kappa shape index (κ2) is 4.09. The Labute approximate surface area is 80.0 Å². The molecular formula is C8H8ClNO3. The van der Waals surface area contributed by atoms with Crippen molar-refractivity contribution < 1.29 is 9.34 Å². The molecule has 0 amide bonds. The molecule has 4 nitrogen and oxygen atoms in total. The van der Waals surface area contributed by atoms with Crippen LogP contribution in [0.25, 0.3) is 6.08 Å². The molecule has 13 heavy (non-hydrogen) atoms. The van der Waals surface area contributed by atoms with Gasteiger partial charge in [-0.3, -0.25) is 10.1 Å². The van der Waals surface area contributed by atoms with Crippen molar-refractivity contribution in [3.63, 3.8) is 0 Å². The molecule has 0 saturated carbocycles. The van der Waals surface area contributed by atoms with E-state index in [1.54, 1.807) is 19.1 Å². The highest BCUT2D eigenvalue weighted by Crippen LogP contribution is 2.17. The van der Waals surface area contributed by atoms with Crippen LogP contribution in [-0.2, 0) is 0 Å². The van der Waals surface area contributed by atoms with E-state index in [4.69, 9.17) is 16.0 Å². The molecule has 0 fully saturated rings. The van der Waals surface area contributed by atoms with Crippen LogP contribution in [0.15, 0.2) is 22.6 Å². The lowest BCUT2D eigenvalue weighted by Gasteiger charge is -1.88. The van der Waals surface area contributed by atoms with E-state index in [-0.39, 0.29) is 11.3 Å². The molecule has 0 N–H and O–H groups in total. The molecule has 0 spiro atoms. The van der Waals surface area contributed by atoms with Crippen LogP contribution in [-0.4, -0.2) is 10.3 Å². The second-order valence-corrected chi connectivity index (χ2v) is 3.16. The number of allylic oxidation sites excluding steroid dienone is 1. The predicted octanol–water partition coefficient (Wildman–Crippen LogP) is 2.83. The number of hydrogen-bond donors (Lipinski definition) is 0. The summed E-state index contributed by atoms with van der Waals surface area (Å²) in [6.07, 6.45) is 3.29. The molecule has 0 aliphatic carbocycles. The highest BCUT2D eigenvalue weighted by molar-refractivity contribution is 6.21. The van der Waals surface area contributed by atoms with E-state index in [9.17, 15) is 10.1 Å². The second-order valence-electron chi connectivity index (χ2n) is 2.47. The number of nitro groups is 1. The van der Waals surface area contributed by atoms with Gasteiger partial charge in [-0.2, -0.15) is 0 Å². The standard InChI is InChI=1S/C8H8ClNO3/c1-6(9)2-3-7-4-5-8(13-7)10(11)12/h2-6H,1H3/b3-2+. The maximum atomic E-state index is 10.2. The molecule has 1 atom stereocenters. The van der Waals surface area contributed by atoms with E-state index >= 15 is 0 Å². The number of halogens is 1. The van der Waals surface area contributed by atoms with Crippen LogP contribution in [0.3, 0.4) is 0 Å². The molecule has 0 radical (unpaired) electrons. The molecule has 1 heterocycles. The maximum Gasteiger partial charge on any atom is 0.433 e. The molecular weight excluding hydrogens is 194 g/mol. The zero-order chi connectivity index (χ0) is 9.84. The van der Waals surface area contributed by atoms with Crippen molar-refractivity contribution in [3.8, 4) is 0 Å².